The molecule has 0 fully saturated rings. The zero-order chi connectivity index (χ0) is 13.9. The second-order valence-corrected chi connectivity index (χ2v) is 5.71. The number of pyridine rings is 1. The number of hydrogen-bond acceptors (Lipinski definition) is 3. The monoisotopic (exact) mass is 270 g/mol. The van der Waals surface area contributed by atoms with E-state index in [1.807, 2.05) is 19.9 Å². The number of nitrogens with one attached hydrogen (secondary N) is 1. The van der Waals surface area contributed by atoms with Crippen molar-refractivity contribution in [1.29, 1.82) is 0 Å². The molecule has 1 heterocycles. The van der Waals surface area contributed by atoms with Crippen LogP contribution in [0.25, 0.3) is 0 Å². The first kappa shape index (κ1) is 14.8. The third-order valence-corrected chi connectivity index (χ3v) is 2.39. The third-order valence-electron chi connectivity index (χ3n) is 2.10. The second kappa shape index (κ2) is 5.57. The number of amides is 1. The van der Waals surface area contributed by atoms with Gasteiger partial charge in [0, 0.05) is 5.69 Å². The minimum Gasteiger partial charge on any atom is -0.444 e. The molecule has 0 aliphatic carbocycles. The molecule has 1 amide bonds. The van der Waals surface area contributed by atoms with Crippen LogP contribution in [-0.2, 0) is 4.74 Å². The fraction of sp³-hybridized carbons (Fsp3) is 0.538. The predicted molar refractivity (Wildman–Crippen MR) is 73.2 cm³/mol. The Morgan fingerprint density at radius 2 is 2.00 bits per heavy atom. The van der Waals surface area contributed by atoms with E-state index < -0.39 is 11.7 Å². The van der Waals surface area contributed by atoms with Gasteiger partial charge in [-0.2, -0.15) is 0 Å². The van der Waals surface area contributed by atoms with Crippen LogP contribution in [0, 0.1) is 0 Å². The molecule has 4 nitrogen and oxygen atoms in total. The summed E-state index contributed by atoms with van der Waals surface area (Å²) in [4.78, 5) is 15.8. The highest BCUT2D eigenvalue weighted by Gasteiger charge is 2.17. The second-order valence-electron chi connectivity index (χ2n) is 5.36. The number of nitrogens with zero attached hydrogens (tertiary/aromatic N) is 1. The molecule has 0 saturated heterocycles. The van der Waals surface area contributed by atoms with Crippen LogP contribution >= 0.6 is 11.6 Å². The van der Waals surface area contributed by atoms with E-state index in [2.05, 4.69) is 10.3 Å². The molecule has 0 bridgehead atoms. The Balaban J connectivity index is 2.77. The Hall–Kier alpha value is -1.29. The maximum Gasteiger partial charge on any atom is 0.412 e. The largest absolute Gasteiger partial charge is 0.444 e. The van der Waals surface area contributed by atoms with Gasteiger partial charge in [0.2, 0.25) is 0 Å². The molecule has 0 aliphatic rings. The predicted octanol–water partition coefficient (Wildman–Crippen LogP) is 4.21. The number of carbonyl (C=O) groups excluding carboxylic acids is 1. The molecule has 1 N–H and O–H groups in total. The zero-order valence-electron chi connectivity index (χ0n) is 11.4. The molecule has 0 radical (unpaired) electrons. The number of ether oxygens (including phenoxy) is 1. The molecular weight excluding hydrogens is 252 g/mol. The highest BCUT2D eigenvalue weighted by atomic mass is 35.5. The van der Waals surface area contributed by atoms with E-state index in [0.29, 0.717) is 5.69 Å². The molecule has 0 aromatic carbocycles. The van der Waals surface area contributed by atoms with Gasteiger partial charge in [0.1, 0.15) is 5.60 Å². The summed E-state index contributed by atoms with van der Waals surface area (Å²) in [5, 5.41) is 2.85. The number of carbonyl (C=O) groups is 1. The van der Waals surface area contributed by atoms with Crippen LogP contribution in [0.4, 0.5) is 10.5 Å². The third kappa shape index (κ3) is 4.53. The number of anilines is 1. The van der Waals surface area contributed by atoms with Gasteiger partial charge >= 0.3 is 6.09 Å². The molecule has 0 saturated carbocycles. The molecule has 18 heavy (non-hydrogen) atoms. The van der Waals surface area contributed by atoms with Gasteiger partial charge in [-0.05, 0) is 38.8 Å². The minimum absolute atomic E-state index is 0.270. The lowest BCUT2D eigenvalue weighted by Crippen LogP contribution is -2.27. The molecule has 100 valence electrons. The van der Waals surface area contributed by atoms with Crippen molar-refractivity contribution in [2.24, 2.45) is 0 Å². The molecule has 0 spiro atoms. The van der Waals surface area contributed by atoms with Crippen molar-refractivity contribution in [3.05, 3.63) is 23.0 Å². The first-order chi connectivity index (χ1) is 8.19. The molecule has 0 atom stereocenters. The lowest BCUT2D eigenvalue weighted by atomic mass is 10.1. The number of hydrogen-bond donors (Lipinski definition) is 1. The van der Waals surface area contributed by atoms with E-state index in [1.54, 1.807) is 26.8 Å². The maximum atomic E-state index is 11.6. The highest BCUT2D eigenvalue weighted by molar-refractivity contribution is 6.32. The van der Waals surface area contributed by atoms with Gasteiger partial charge in [-0.1, -0.05) is 25.4 Å². The molecule has 1 rings (SSSR count). The van der Waals surface area contributed by atoms with Crippen molar-refractivity contribution in [3.63, 3.8) is 0 Å². The van der Waals surface area contributed by atoms with Gasteiger partial charge in [0.25, 0.3) is 0 Å². The van der Waals surface area contributed by atoms with Gasteiger partial charge in [-0.25, -0.2) is 9.78 Å². The van der Waals surface area contributed by atoms with Gasteiger partial charge in [0.05, 0.1) is 5.69 Å². The summed E-state index contributed by atoms with van der Waals surface area (Å²) in [7, 11) is 0. The molecule has 5 heteroatoms. The summed E-state index contributed by atoms with van der Waals surface area (Å²) in [5.74, 6) is 0.290. The number of aromatic nitrogens is 1. The summed E-state index contributed by atoms with van der Waals surface area (Å²) in [6.45, 7) is 9.45. The van der Waals surface area contributed by atoms with Crippen molar-refractivity contribution in [2.75, 3.05) is 5.32 Å². The Labute approximate surface area is 113 Å². The zero-order valence-corrected chi connectivity index (χ0v) is 12.1. The Bertz CT molecular complexity index is 439. The minimum atomic E-state index is -0.540. The lowest BCUT2D eigenvalue weighted by molar-refractivity contribution is 0.0636. The fourth-order valence-electron chi connectivity index (χ4n) is 1.28. The summed E-state index contributed by atoms with van der Waals surface area (Å²) in [5.41, 5.74) is 0.798. The van der Waals surface area contributed by atoms with Crippen LogP contribution in [0.2, 0.25) is 5.15 Å². The van der Waals surface area contributed by atoms with Crippen LogP contribution in [0.1, 0.15) is 46.2 Å². The van der Waals surface area contributed by atoms with Crippen LogP contribution in [0.5, 0.6) is 0 Å². The van der Waals surface area contributed by atoms with E-state index in [9.17, 15) is 4.79 Å². The normalized spacial score (nSPS) is 11.5. The molecule has 0 unspecified atom stereocenters. The quantitative estimate of drug-likeness (QED) is 0.819. The summed E-state index contributed by atoms with van der Waals surface area (Å²) < 4.78 is 5.14. The van der Waals surface area contributed by atoms with Crippen LogP contribution in [-0.4, -0.2) is 16.7 Å². The standard InChI is InChI=1S/C13H19ClN2O2/c1-8(2)9-6-7-10(11(14)15-9)16-12(17)18-13(3,4)5/h6-8H,1-5H3,(H,16,17). The highest BCUT2D eigenvalue weighted by Crippen LogP contribution is 2.23. The van der Waals surface area contributed by atoms with E-state index >= 15 is 0 Å². The number of rotatable bonds is 2. The fourth-order valence-corrected chi connectivity index (χ4v) is 1.48. The van der Waals surface area contributed by atoms with Crippen molar-refractivity contribution in [2.45, 2.75) is 46.1 Å². The van der Waals surface area contributed by atoms with E-state index in [0.717, 1.165) is 5.69 Å². The van der Waals surface area contributed by atoms with Gasteiger partial charge in [-0.3, -0.25) is 5.32 Å². The van der Waals surface area contributed by atoms with E-state index in [4.69, 9.17) is 16.3 Å². The average molecular weight is 271 g/mol. The van der Waals surface area contributed by atoms with E-state index in [-0.39, 0.29) is 11.1 Å². The Kier molecular flexibility index (Phi) is 4.57. The topological polar surface area (TPSA) is 51.2 Å². The molecule has 1 aromatic rings. The van der Waals surface area contributed by atoms with Crippen LogP contribution in [0.3, 0.4) is 0 Å². The maximum absolute atomic E-state index is 11.6. The van der Waals surface area contributed by atoms with Gasteiger partial charge in [0.15, 0.2) is 5.15 Å². The van der Waals surface area contributed by atoms with Crippen LogP contribution < -0.4 is 5.32 Å². The lowest BCUT2D eigenvalue weighted by Gasteiger charge is -2.20. The van der Waals surface area contributed by atoms with Crippen molar-refractivity contribution in [3.8, 4) is 0 Å². The molecule has 1 aromatic heterocycles. The molecular formula is C13H19ClN2O2. The van der Waals surface area contributed by atoms with Gasteiger partial charge in [-0.15, -0.1) is 0 Å². The average Bonchev–Trinajstić information content (AvgIpc) is 2.17. The summed E-state index contributed by atoms with van der Waals surface area (Å²) in [6.07, 6.45) is -0.538. The van der Waals surface area contributed by atoms with E-state index in [1.165, 1.54) is 0 Å². The first-order valence-corrected chi connectivity index (χ1v) is 6.23. The molecule has 0 aliphatic heterocycles. The van der Waals surface area contributed by atoms with Crippen molar-refractivity contribution in [1.82, 2.24) is 4.98 Å². The van der Waals surface area contributed by atoms with Crippen molar-refractivity contribution >= 4 is 23.4 Å². The van der Waals surface area contributed by atoms with Gasteiger partial charge < -0.3 is 4.74 Å². The smallest absolute Gasteiger partial charge is 0.412 e. The SMILES string of the molecule is CC(C)c1ccc(NC(=O)OC(C)(C)C)c(Cl)n1. The van der Waals surface area contributed by atoms with Crippen LogP contribution in [0.15, 0.2) is 12.1 Å². The van der Waals surface area contributed by atoms with Crippen molar-refractivity contribution < 1.29 is 9.53 Å². The Morgan fingerprint density at radius 3 is 2.44 bits per heavy atom. The number of halogens is 1. The Morgan fingerprint density at radius 1 is 1.39 bits per heavy atom. The summed E-state index contributed by atoms with van der Waals surface area (Å²) >= 11 is 6.01. The summed E-state index contributed by atoms with van der Waals surface area (Å²) in [6, 6.07) is 3.57. The first-order valence-electron chi connectivity index (χ1n) is 5.85.